The number of hydrogen-bond acceptors (Lipinski definition) is 6. The van der Waals surface area contributed by atoms with Crippen LogP contribution in [0.2, 0.25) is 0 Å². The summed E-state index contributed by atoms with van der Waals surface area (Å²) in [4.78, 5) is 43.3. The Morgan fingerprint density at radius 2 is 2.12 bits per heavy atom. The minimum absolute atomic E-state index is 0.0538. The number of nitro groups is 1. The average molecular weight is 358 g/mol. The van der Waals surface area contributed by atoms with Gasteiger partial charge in [0.2, 0.25) is 5.82 Å². The Bertz CT molecular complexity index is 942. The van der Waals surface area contributed by atoms with E-state index in [1.807, 2.05) is 0 Å². The number of carbonyl (C=O) groups excluding carboxylic acids is 1. The molecule has 0 aromatic carbocycles. The number of rotatable bonds is 3. The normalized spacial score (nSPS) is 20.5. The number of urea groups is 1. The third-order valence-corrected chi connectivity index (χ3v) is 4.90. The predicted octanol–water partition coefficient (Wildman–Crippen LogP) is 0.597. The number of fused-ring (bicyclic) bond motifs is 1. The van der Waals surface area contributed by atoms with Gasteiger partial charge in [-0.3, -0.25) is 19.3 Å². The Kier molecular flexibility index (Phi) is 3.94. The molecule has 1 unspecified atom stereocenters. The van der Waals surface area contributed by atoms with Crippen LogP contribution in [0.15, 0.2) is 29.2 Å². The van der Waals surface area contributed by atoms with Gasteiger partial charge >= 0.3 is 17.3 Å². The molecule has 0 spiro atoms. The Morgan fingerprint density at radius 3 is 2.85 bits per heavy atom. The second-order valence-corrected chi connectivity index (χ2v) is 6.44. The summed E-state index contributed by atoms with van der Waals surface area (Å²) in [6, 6.07) is 4.83. The van der Waals surface area contributed by atoms with Crippen LogP contribution < -0.4 is 15.8 Å². The first-order chi connectivity index (χ1) is 12.6. The molecule has 2 saturated heterocycles. The van der Waals surface area contributed by atoms with E-state index in [1.54, 1.807) is 28.0 Å². The molecule has 2 aromatic heterocycles. The molecule has 4 heterocycles. The highest BCUT2D eigenvalue weighted by atomic mass is 16.6. The summed E-state index contributed by atoms with van der Waals surface area (Å²) in [5.74, 6) is 0.0792. The fraction of sp³-hybridized carbons (Fsp3) is 0.438. The van der Waals surface area contributed by atoms with Crippen LogP contribution in [0.3, 0.4) is 0 Å². The fourth-order valence-corrected chi connectivity index (χ4v) is 3.68. The second kappa shape index (κ2) is 6.28. The van der Waals surface area contributed by atoms with Gasteiger partial charge in [-0.05, 0) is 25.0 Å². The van der Waals surface area contributed by atoms with Crippen molar-refractivity contribution in [3.63, 3.8) is 0 Å². The van der Waals surface area contributed by atoms with Crippen molar-refractivity contribution in [3.8, 4) is 0 Å². The fourth-order valence-electron chi connectivity index (χ4n) is 3.68. The molecule has 0 saturated carbocycles. The highest BCUT2D eigenvalue weighted by Gasteiger charge is 2.35. The topological polar surface area (TPSA) is 113 Å². The van der Waals surface area contributed by atoms with E-state index in [9.17, 15) is 19.7 Å². The maximum atomic E-state index is 12.6. The zero-order valence-electron chi connectivity index (χ0n) is 14.0. The predicted molar refractivity (Wildman–Crippen MR) is 93.5 cm³/mol. The van der Waals surface area contributed by atoms with E-state index in [4.69, 9.17) is 0 Å². The van der Waals surface area contributed by atoms with Crippen molar-refractivity contribution in [1.29, 1.82) is 0 Å². The number of nitrogens with zero attached hydrogens (tertiary/aromatic N) is 5. The van der Waals surface area contributed by atoms with Crippen molar-refractivity contribution >= 4 is 23.2 Å². The molecular weight excluding hydrogens is 340 g/mol. The molecule has 4 rings (SSSR count). The maximum Gasteiger partial charge on any atom is 0.376 e. The molecule has 2 aromatic rings. The Morgan fingerprint density at radius 1 is 1.27 bits per heavy atom. The lowest BCUT2D eigenvalue weighted by Gasteiger charge is -2.37. The molecule has 2 amide bonds. The minimum Gasteiger partial charge on any atom is -0.349 e. The maximum absolute atomic E-state index is 12.6. The van der Waals surface area contributed by atoms with Crippen LogP contribution in [0.4, 0.5) is 16.3 Å². The van der Waals surface area contributed by atoms with Crippen molar-refractivity contribution in [1.82, 2.24) is 19.6 Å². The van der Waals surface area contributed by atoms with Gasteiger partial charge < -0.3 is 15.1 Å². The summed E-state index contributed by atoms with van der Waals surface area (Å²) in [5, 5.41) is 14.3. The van der Waals surface area contributed by atoms with E-state index in [0.717, 1.165) is 12.8 Å². The smallest absolute Gasteiger partial charge is 0.349 e. The third kappa shape index (κ3) is 2.63. The highest BCUT2D eigenvalue weighted by Crippen LogP contribution is 2.27. The summed E-state index contributed by atoms with van der Waals surface area (Å²) in [5.41, 5.74) is -0.865. The number of piperidine rings is 1. The van der Waals surface area contributed by atoms with Gasteiger partial charge in [0.25, 0.3) is 0 Å². The molecule has 1 N–H and O–H groups in total. The van der Waals surface area contributed by atoms with Gasteiger partial charge in [0.1, 0.15) is 5.65 Å². The Hall–Kier alpha value is -3.17. The van der Waals surface area contributed by atoms with E-state index in [2.05, 4.69) is 10.3 Å². The van der Waals surface area contributed by atoms with Crippen LogP contribution in [0.25, 0.3) is 5.65 Å². The summed E-state index contributed by atoms with van der Waals surface area (Å²) in [6.07, 6.45) is 3.06. The number of amides is 2. The largest absolute Gasteiger partial charge is 0.376 e. The van der Waals surface area contributed by atoms with Crippen molar-refractivity contribution < 1.29 is 9.72 Å². The second-order valence-electron chi connectivity index (χ2n) is 6.44. The van der Waals surface area contributed by atoms with Gasteiger partial charge in [-0.1, -0.05) is 6.07 Å². The van der Waals surface area contributed by atoms with Crippen molar-refractivity contribution in [2.45, 2.75) is 18.9 Å². The number of pyridine rings is 1. The lowest BCUT2D eigenvalue weighted by Crippen LogP contribution is -2.49. The average Bonchev–Trinajstić information content (AvgIpc) is 3.07. The van der Waals surface area contributed by atoms with E-state index in [-0.39, 0.29) is 17.9 Å². The molecule has 10 nitrogen and oxygen atoms in total. The van der Waals surface area contributed by atoms with Crippen LogP contribution in [0.5, 0.6) is 0 Å². The molecule has 26 heavy (non-hydrogen) atoms. The van der Waals surface area contributed by atoms with E-state index < -0.39 is 16.2 Å². The number of anilines is 1. The Labute approximate surface area is 148 Å². The molecule has 2 aliphatic heterocycles. The molecule has 10 heteroatoms. The van der Waals surface area contributed by atoms with Crippen LogP contribution >= 0.6 is 0 Å². The first-order valence-electron chi connectivity index (χ1n) is 8.51. The minimum atomic E-state index is -0.698. The first-order valence-corrected chi connectivity index (χ1v) is 8.51. The standard InChI is InChI=1S/C16H18N6O4/c23-15-13(22(25)26)14(18-12-5-1-2-8-21(12)15)19-7-3-4-11(10-19)20-9-6-17-16(20)24/h1-2,5,8,11H,3-4,6-7,9-10H2,(H,17,24). The van der Waals surface area contributed by atoms with Gasteiger partial charge in [0.05, 0.1) is 11.0 Å². The lowest BCUT2D eigenvalue weighted by molar-refractivity contribution is -0.385. The molecule has 2 fully saturated rings. The van der Waals surface area contributed by atoms with Crippen molar-refractivity contribution in [2.75, 3.05) is 31.1 Å². The number of hydrogen-bond donors (Lipinski definition) is 1. The van der Waals surface area contributed by atoms with Gasteiger partial charge in [-0.2, -0.15) is 0 Å². The van der Waals surface area contributed by atoms with Crippen molar-refractivity contribution in [3.05, 3.63) is 44.9 Å². The van der Waals surface area contributed by atoms with Crippen LogP contribution in [-0.4, -0.2) is 57.5 Å². The molecule has 1 atom stereocenters. The van der Waals surface area contributed by atoms with E-state index >= 15 is 0 Å². The molecule has 0 aliphatic carbocycles. The zero-order chi connectivity index (χ0) is 18.3. The van der Waals surface area contributed by atoms with E-state index in [0.29, 0.717) is 31.8 Å². The summed E-state index contributed by atoms with van der Waals surface area (Å²) in [7, 11) is 0. The van der Waals surface area contributed by atoms with Gasteiger partial charge in [-0.15, -0.1) is 0 Å². The number of carbonyl (C=O) groups is 1. The molecule has 2 aliphatic rings. The number of aromatic nitrogens is 2. The van der Waals surface area contributed by atoms with Crippen LogP contribution in [-0.2, 0) is 0 Å². The zero-order valence-corrected chi connectivity index (χ0v) is 14.0. The van der Waals surface area contributed by atoms with Crippen LogP contribution in [0, 0.1) is 10.1 Å². The summed E-state index contributed by atoms with van der Waals surface area (Å²) < 4.78 is 1.18. The number of nitrogens with one attached hydrogen (secondary N) is 1. The van der Waals surface area contributed by atoms with E-state index in [1.165, 1.54) is 10.6 Å². The molecule has 0 bridgehead atoms. The molecule has 0 radical (unpaired) electrons. The van der Waals surface area contributed by atoms with Gasteiger partial charge in [0.15, 0.2) is 0 Å². The Balaban J connectivity index is 1.75. The summed E-state index contributed by atoms with van der Waals surface area (Å²) in [6.45, 7) is 2.20. The molecule has 136 valence electrons. The SMILES string of the molecule is O=C1NCCN1C1CCCN(c2nc3ccccn3c(=O)c2[N+](=O)[O-])C1. The van der Waals surface area contributed by atoms with Gasteiger partial charge in [0, 0.05) is 32.4 Å². The third-order valence-electron chi connectivity index (χ3n) is 4.90. The first kappa shape index (κ1) is 16.3. The highest BCUT2D eigenvalue weighted by molar-refractivity contribution is 5.76. The lowest BCUT2D eigenvalue weighted by atomic mass is 10.0. The monoisotopic (exact) mass is 358 g/mol. The summed E-state index contributed by atoms with van der Waals surface area (Å²) >= 11 is 0. The van der Waals surface area contributed by atoms with Crippen molar-refractivity contribution in [2.24, 2.45) is 0 Å². The quantitative estimate of drug-likeness (QED) is 0.635. The van der Waals surface area contributed by atoms with Crippen LogP contribution in [0.1, 0.15) is 12.8 Å². The molecular formula is C16H18N6O4. The van der Waals surface area contributed by atoms with Gasteiger partial charge in [-0.25, -0.2) is 9.78 Å².